The Labute approximate surface area is 197 Å². The van der Waals surface area contributed by atoms with Gasteiger partial charge in [0.25, 0.3) is 0 Å². The van der Waals surface area contributed by atoms with Gasteiger partial charge < -0.3 is 9.15 Å². The van der Waals surface area contributed by atoms with E-state index in [0.29, 0.717) is 12.2 Å². The first-order valence-corrected chi connectivity index (χ1v) is 12.0. The molecule has 0 amide bonds. The monoisotopic (exact) mass is 490 g/mol. The van der Waals surface area contributed by atoms with Gasteiger partial charge >= 0.3 is 5.63 Å². The minimum atomic E-state index is -0.356. The Kier molecular flexibility index (Phi) is 7.43. The lowest BCUT2D eigenvalue weighted by Gasteiger charge is -2.15. The third-order valence-electron chi connectivity index (χ3n) is 5.62. The number of ether oxygens (including phenoxy) is 1. The van der Waals surface area contributed by atoms with E-state index in [-0.39, 0.29) is 5.63 Å². The number of fused-ring (bicyclic) bond motifs is 1. The predicted octanol–water partition coefficient (Wildman–Crippen LogP) is 7.92. The van der Waals surface area contributed by atoms with Crippen molar-refractivity contribution in [3.63, 3.8) is 0 Å². The van der Waals surface area contributed by atoms with Gasteiger partial charge in [-0.25, -0.2) is 4.79 Å². The number of aryl methyl sites for hydroxylation is 1. The Morgan fingerprint density at radius 3 is 2.44 bits per heavy atom. The Hall–Kier alpha value is -2.85. The molecule has 1 aromatic heterocycles. The molecule has 0 aliphatic heterocycles. The average molecular weight is 491 g/mol. The van der Waals surface area contributed by atoms with Crippen molar-refractivity contribution in [1.82, 2.24) is 0 Å². The summed E-state index contributed by atoms with van der Waals surface area (Å²) in [7, 11) is 0. The van der Waals surface area contributed by atoms with Crippen LogP contribution in [0.25, 0.3) is 22.1 Å². The highest BCUT2D eigenvalue weighted by Crippen LogP contribution is 2.33. The van der Waals surface area contributed by atoms with E-state index in [1.807, 2.05) is 60.7 Å². The Balaban J connectivity index is 1.73. The average Bonchev–Trinajstić information content (AvgIpc) is 2.81. The molecule has 0 aliphatic carbocycles. The highest BCUT2D eigenvalue weighted by molar-refractivity contribution is 9.10. The quantitative estimate of drug-likeness (QED) is 0.176. The predicted molar refractivity (Wildman–Crippen MR) is 134 cm³/mol. The van der Waals surface area contributed by atoms with Crippen LogP contribution in [0.4, 0.5) is 0 Å². The summed E-state index contributed by atoms with van der Waals surface area (Å²) in [5.41, 5.74) is 4.34. The van der Waals surface area contributed by atoms with Gasteiger partial charge in [0.15, 0.2) is 0 Å². The van der Waals surface area contributed by atoms with Gasteiger partial charge in [-0.05, 0) is 53.3 Å². The Bertz CT molecular complexity index is 1230. The third kappa shape index (κ3) is 5.49. The minimum absolute atomic E-state index is 0.356. The van der Waals surface area contributed by atoms with Crippen molar-refractivity contribution in [2.45, 2.75) is 45.6 Å². The zero-order valence-corrected chi connectivity index (χ0v) is 19.9. The molecule has 0 saturated carbocycles. The molecule has 0 unspecified atom stereocenters. The molecule has 4 aromatic rings. The van der Waals surface area contributed by atoms with Gasteiger partial charge in [-0.1, -0.05) is 84.6 Å². The van der Waals surface area contributed by atoms with Crippen LogP contribution in [0.2, 0.25) is 0 Å². The van der Waals surface area contributed by atoms with Crippen LogP contribution in [0.15, 0.2) is 86.5 Å². The second-order valence-electron chi connectivity index (χ2n) is 8.03. The lowest BCUT2D eigenvalue weighted by molar-refractivity contribution is 0.302. The standard InChI is InChI=1S/C28H27BrO3/c1-2-3-4-6-11-22-16-25-24(21-9-7-5-8-10-21)17-28(30)32-27(25)18-26(22)31-19-20-12-14-23(29)15-13-20/h5,7-10,12-18H,2-4,6,11,19H2,1H3. The van der Waals surface area contributed by atoms with Crippen LogP contribution in [0.1, 0.15) is 43.7 Å². The first-order valence-electron chi connectivity index (χ1n) is 11.2. The molecule has 0 N–H and O–H groups in total. The molecule has 1 heterocycles. The largest absolute Gasteiger partial charge is 0.488 e. The second-order valence-corrected chi connectivity index (χ2v) is 8.94. The molecule has 0 aliphatic rings. The van der Waals surface area contributed by atoms with Crippen LogP contribution >= 0.6 is 15.9 Å². The van der Waals surface area contributed by atoms with E-state index < -0.39 is 0 Å². The van der Waals surface area contributed by atoms with Crippen LogP contribution in [0.3, 0.4) is 0 Å². The number of hydrogen-bond acceptors (Lipinski definition) is 3. The van der Waals surface area contributed by atoms with Gasteiger partial charge in [0, 0.05) is 22.0 Å². The lowest BCUT2D eigenvalue weighted by Crippen LogP contribution is -2.02. The van der Waals surface area contributed by atoms with E-state index >= 15 is 0 Å². The molecule has 32 heavy (non-hydrogen) atoms. The van der Waals surface area contributed by atoms with E-state index in [9.17, 15) is 4.79 Å². The molecule has 3 aromatic carbocycles. The smallest absolute Gasteiger partial charge is 0.336 e. The zero-order valence-electron chi connectivity index (χ0n) is 18.3. The van der Waals surface area contributed by atoms with E-state index in [0.717, 1.165) is 50.7 Å². The zero-order chi connectivity index (χ0) is 22.3. The van der Waals surface area contributed by atoms with Crippen molar-refractivity contribution in [3.8, 4) is 16.9 Å². The number of unbranched alkanes of at least 4 members (excludes halogenated alkanes) is 3. The molecule has 0 atom stereocenters. The number of rotatable bonds is 9. The molecular weight excluding hydrogens is 464 g/mol. The number of halogens is 1. The third-order valence-corrected chi connectivity index (χ3v) is 6.15. The molecule has 0 fully saturated rings. The summed E-state index contributed by atoms with van der Waals surface area (Å²) in [6.45, 7) is 2.68. The van der Waals surface area contributed by atoms with Crippen LogP contribution < -0.4 is 10.4 Å². The summed E-state index contributed by atoms with van der Waals surface area (Å²) in [5.74, 6) is 0.783. The SMILES string of the molecule is CCCCCCc1cc2c(-c3ccccc3)cc(=O)oc2cc1OCc1ccc(Br)cc1. The summed E-state index contributed by atoms with van der Waals surface area (Å²) in [6, 6.07) is 23.7. The van der Waals surface area contributed by atoms with Gasteiger partial charge in [0.2, 0.25) is 0 Å². The van der Waals surface area contributed by atoms with E-state index in [1.54, 1.807) is 6.07 Å². The van der Waals surface area contributed by atoms with Crippen molar-refractivity contribution >= 4 is 26.9 Å². The summed E-state index contributed by atoms with van der Waals surface area (Å²) in [4.78, 5) is 12.3. The maximum atomic E-state index is 12.3. The maximum Gasteiger partial charge on any atom is 0.336 e. The molecule has 164 valence electrons. The fourth-order valence-electron chi connectivity index (χ4n) is 3.90. The summed E-state index contributed by atoms with van der Waals surface area (Å²) in [5, 5.41) is 0.942. The van der Waals surface area contributed by atoms with Crippen molar-refractivity contribution in [1.29, 1.82) is 0 Å². The van der Waals surface area contributed by atoms with E-state index in [4.69, 9.17) is 9.15 Å². The van der Waals surface area contributed by atoms with Gasteiger partial charge in [-0.3, -0.25) is 0 Å². The number of benzene rings is 3. The van der Waals surface area contributed by atoms with Crippen molar-refractivity contribution in [3.05, 3.63) is 98.8 Å². The topological polar surface area (TPSA) is 39.4 Å². The fourth-order valence-corrected chi connectivity index (χ4v) is 4.17. The molecule has 0 saturated heterocycles. The van der Waals surface area contributed by atoms with Gasteiger partial charge in [-0.2, -0.15) is 0 Å². The van der Waals surface area contributed by atoms with Crippen molar-refractivity contribution in [2.75, 3.05) is 0 Å². The van der Waals surface area contributed by atoms with E-state index in [2.05, 4.69) is 28.9 Å². The van der Waals surface area contributed by atoms with Gasteiger partial charge in [0.05, 0.1) is 0 Å². The molecular formula is C28H27BrO3. The Morgan fingerprint density at radius 1 is 0.906 bits per heavy atom. The minimum Gasteiger partial charge on any atom is -0.488 e. The van der Waals surface area contributed by atoms with Crippen LogP contribution in [-0.4, -0.2) is 0 Å². The van der Waals surface area contributed by atoms with Gasteiger partial charge in [0.1, 0.15) is 17.9 Å². The summed E-state index contributed by atoms with van der Waals surface area (Å²) < 4.78 is 12.9. The first kappa shape index (κ1) is 22.3. The van der Waals surface area contributed by atoms with Crippen LogP contribution in [0, 0.1) is 0 Å². The fraction of sp³-hybridized carbons (Fsp3) is 0.250. The summed E-state index contributed by atoms with van der Waals surface area (Å²) in [6.07, 6.45) is 5.65. The normalized spacial score (nSPS) is 11.1. The molecule has 0 radical (unpaired) electrons. The first-order chi connectivity index (χ1) is 15.6. The van der Waals surface area contributed by atoms with Crippen molar-refractivity contribution in [2.24, 2.45) is 0 Å². The van der Waals surface area contributed by atoms with Gasteiger partial charge in [-0.15, -0.1) is 0 Å². The van der Waals surface area contributed by atoms with E-state index in [1.165, 1.54) is 19.3 Å². The molecule has 4 rings (SSSR count). The second kappa shape index (κ2) is 10.6. The molecule has 0 bridgehead atoms. The molecule has 0 spiro atoms. The lowest BCUT2D eigenvalue weighted by atomic mass is 9.98. The summed E-state index contributed by atoms with van der Waals surface area (Å²) >= 11 is 3.47. The van der Waals surface area contributed by atoms with Crippen LogP contribution in [0.5, 0.6) is 5.75 Å². The van der Waals surface area contributed by atoms with Crippen molar-refractivity contribution < 1.29 is 9.15 Å². The highest BCUT2D eigenvalue weighted by Gasteiger charge is 2.14. The maximum absolute atomic E-state index is 12.3. The highest BCUT2D eigenvalue weighted by atomic mass is 79.9. The molecule has 3 nitrogen and oxygen atoms in total. The Morgan fingerprint density at radius 2 is 1.69 bits per heavy atom. The molecule has 4 heteroatoms. The van der Waals surface area contributed by atoms with Crippen LogP contribution in [-0.2, 0) is 13.0 Å². The number of hydrogen-bond donors (Lipinski definition) is 0.